The van der Waals surface area contributed by atoms with Gasteiger partial charge in [-0.1, -0.05) is 11.6 Å². The molecule has 0 spiro atoms. The Bertz CT molecular complexity index is 594. The van der Waals surface area contributed by atoms with Crippen molar-refractivity contribution in [3.8, 4) is 0 Å². The molecule has 1 aromatic carbocycles. The summed E-state index contributed by atoms with van der Waals surface area (Å²) in [4.78, 5) is 10.7. The van der Waals surface area contributed by atoms with Crippen molar-refractivity contribution in [2.75, 3.05) is 26.8 Å². The molecule has 112 valence electrons. The highest BCUT2D eigenvalue weighted by Gasteiger charge is 2.27. The molecular weight excluding hydrogens is 311 g/mol. The zero-order chi connectivity index (χ0) is 15.3. The molecule has 1 aromatic rings. The molecule has 0 aliphatic rings. The average molecular weight is 325 g/mol. The second-order valence-electron chi connectivity index (χ2n) is 3.87. The number of carbonyl (C=O) groups is 1. The number of rotatable bonds is 7. The number of sulfonamides is 1. The van der Waals surface area contributed by atoms with Crippen LogP contribution in [0.25, 0.3) is 0 Å². The third-order valence-corrected chi connectivity index (χ3v) is 4.72. The van der Waals surface area contributed by atoms with Gasteiger partial charge in [-0.3, -0.25) is 4.79 Å². The smallest absolute Gasteiger partial charge is 0.245 e. The molecule has 0 saturated carbocycles. The first-order chi connectivity index (χ1) is 9.28. The molecule has 0 unspecified atom stereocenters. The first-order valence-corrected chi connectivity index (χ1v) is 7.33. The van der Waals surface area contributed by atoms with E-state index in [4.69, 9.17) is 22.1 Å². The lowest BCUT2D eigenvalue weighted by molar-refractivity contribution is -0.118. The van der Waals surface area contributed by atoms with Gasteiger partial charge in [0, 0.05) is 13.7 Å². The van der Waals surface area contributed by atoms with Gasteiger partial charge >= 0.3 is 0 Å². The van der Waals surface area contributed by atoms with Crippen LogP contribution >= 0.6 is 11.6 Å². The fourth-order valence-corrected chi connectivity index (χ4v) is 3.37. The molecule has 0 heterocycles. The van der Waals surface area contributed by atoms with Gasteiger partial charge in [-0.25, -0.2) is 12.8 Å². The predicted molar refractivity (Wildman–Crippen MR) is 71.2 cm³/mol. The van der Waals surface area contributed by atoms with Crippen molar-refractivity contribution in [3.63, 3.8) is 0 Å². The largest absolute Gasteiger partial charge is 0.383 e. The molecule has 0 aliphatic carbocycles. The highest BCUT2D eigenvalue weighted by Crippen LogP contribution is 2.25. The maximum Gasteiger partial charge on any atom is 0.245 e. The van der Waals surface area contributed by atoms with E-state index in [1.165, 1.54) is 7.11 Å². The first kappa shape index (κ1) is 16.8. The Labute approximate surface area is 121 Å². The lowest BCUT2D eigenvalue weighted by Crippen LogP contribution is -2.40. The van der Waals surface area contributed by atoms with Crippen LogP contribution < -0.4 is 5.73 Å². The Balaban J connectivity index is 3.17. The summed E-state index contributed by atoms with van der Waals surface area (Å²) in [5, 5.41) is -0.267. The SMILES string of the molecule is COCCN(CC(N)=O)S(=O)(=O)c1ccc(F)cc1Cl. The third kappa shape index (κ3) is 4.14. The summed E-state index contributed by atoms with van der Waals surface area (Å²) >= 11 is 5.74. The summed E-state index contributed by atoms with van der Waals surface area (Å²) in [6.45, 7) is -0.514. The lowest BCUT2D eigenvalue weighted by Gasteiger charge is -2.21. The van der Waals surface area contributed by atoms with Gasteiger partial charge in [0.05, 0.1) is 18.2 Å². The molecule has 2 N–H and O–H groups in total. The van der Waals surface area contributed by atoms with Crippen molar-refractivity contribution in [2.45, 2.75) is 4.90 Å². The van der Waals surface area contributed by atoms with Gasteiger partial charge in [0.15, 0.2) is 0 Å². The van der Waals surface area contributed by atoms with E-state index < -0.39 is 28.3 Å². The highest BCUT2D eigenvalue weighted by molar-refractivity contribution is 7.89. The zero-order valence-corrected chi connectivity index (χ0v) is 12.2. The van der Waals surface area contributed by atoms with E-state index >= 15 is 0 Å². The number of nitrogens with zero attached hydrogens (tertiary/aromatic N) is 1. The Hall–Kier alpha value is -1.22. The summed E-state index contributed by atoms with van der Waals surface area (Å²) in [5.41, 5.74) is 5.02. The monoisotopic (exact) mass is 324 g/mol. The fraction of sp³-hybridized carbons (Fsp3) is 0.364. The normalized spacial score (nSPS) is 11.8. The van der Waals surface area contributed by atoms with Crippen LogP contribution in [-0.2, 0) is 19.6 Å². The van der Waals surface area contributed by atoms with Crippen LogP contribution in [-0.4, -0.2) is 45.4 Å². The minimum Gasteiger partial charge on any atom is -0.383 e. The van der Waals surface area contributed by atoms with E-state index in [0.717, 1.165) is 22.5 Å². The number of hydrogen-bond donors (Lipinski definition) is 1. The summed E-state index contributed by atoms with van der Waals surface area (Å²) in [7, 11) is -2.67. The number of hydrogen-bond acceptors (Lipinski definition) is 4. The molecule has 0 aromatic heterocycles. The number of methoxy groups -OCH3 is 1. The molecule has 0 aliphatic heterocycles. The van der Waals surface area contributed by atoms with Gasteiger partial charge in [0.2, 0.25) is 15.9 Å². The molecular formula is C11H14ClFN2O4S. The highest BCUT2D eigenvalue weighted by atomic mass is 35.5. The summed E-state index contributed by atoms with van der Waals surface area (Å²) in [5.74, 6) is -1.48. The Morgan fingerprint density at radius 3 is 2.65 bits per heavy atom. The summed E-state index contributed by atoms with van der Waals surface area (Å²) in [6, 6.07) is 2.89. The number of ether oxygens (including phenoxy) is 1. The molecule has 0 radical (unpaired) electrons. The molecule has 0 atom stereocenters. The van der Waals surface area contributed by atoms with Crippen molar-refractivity contribution in [1.82, 2.24) is 4.31 Å². The van der Waals surface area contributed by atoms with Crippen LogP contribution in [0.15, 0.2) is 23.1 Å². The number of primary amides is 1. The minimum absolute atomic E-state index is 0.0739. The number of carbonyl (C=O) groups excluding carboxylic acids is 1. The Morgan fingerprint density at radius 2 is 2.15 bits per heavy atom. The molecule has 1 rings (SSSR count). The average Bonchev–Trinajstić information content (AvgIpc) is 2.33. The summed E-state index contributed by atoms with van der Waals surface area (Å²) in [6.07, 6.45) is 0. The van der Waals surface area contributed by atoms with Gasteiger partial charge in [0.25, 0.3) is 0 Å². The van der Waals surface area contributed by atoms with E-state index in [-0.39, 0.29) is 23.1 Å². The van der Waals surface area contributed by atoms with E-state index in [1.807, 2.05) is 0 Å². The van der Waals surface area contributed by atoms with Crippen LogP contribution in [0.4, 0.5) is 4.39 Å². The van der Waals surface area contributed by atoms with E-state index in [2.05, 4.69) is 0 Å². The van der Waals surface area contributed by atoms with Gasteiger partial charge in [0.1, 0.15) is 10.7 Å². The van der Waals surface area contributed by atoms with Crippen LogP contribution in [0.3, 0.4) is 0 Å². The number of halogens is 2. The molecule has 9 heteroatoms. The van der Waals surface area contributed by atoms with Gasteiger partial charge in [-0.05, 0) is 18.2 Å². The van der Waals surface area contributed by atoms with Crippen molar-refractivity contribution in [1.29, 1.82) is 0 Å². The van der Waals surface area contributed by atoms with Crippen LogP contribution in [0, 0.1) is 5.82 Å². The van der Waals surface area contributed by atoms with E-state index in [1.54, 1.807) is 0 Å². The first-order valence-electron chi connectivity index (χ1n) is 5.51. The van der Waals surface area contributed by atoms with Crippen molar-refractivity contribution in [3.05, 3.63) is 29.0 Å². The second-order valence-corrected chi connectivity index (χ2v) is 6.19. The van der Waals surface area contributed by atoms with Crippen LogP contribution in [0.1, 0.15) is 0 Å². The Morgan fingerprint density at radius 1 is 1.50 bits per heavy atom. The number of benzene rings is 1. The molecule has 6 nitrogen and oxygen atoms in total. The standard InChI is InChI=1S/C11H14ClFN2O4S/c1-19-5-4-15(7-11(14)16)20(17,18)10-3-2-8(13)6-9(10)12/h2-3,6H,4-5,7H2,1H3,(H2,14,16). The number of amides is 1. The number of nitrogens with two attached hydrogens (primary N) is 1. The minimum atomic E-state index is -4.06. The van der Waals surface area contributed by atoms with Gasteiger partial charge in [-0.15, -0.1) is 0 Å². The third-order valence-electron chi connectivity index (χ3n) is 2.39. The summed E-state index contributed by atoms with van der Waals surface area (Å²) < 4.78 is 43.3. The zero-order valence-electron chi connectivity index (χ0n) is 10.7. The van der Waals surface area contributed by atoms with Crippen LogP contribution in [0.2, 0.25) is 5.02 Å². The van der Waals surface area contributed by atoms with E-state index in [0.29, 0.717) is 0 Å². The topological polar surface area (TPSA) is 89.7 Å². The van der Waals surface area contributed by atoms with Crippen molar-refractivity contribution in [2.24, 2.45) is 5.73 Å². The van der Waals surface area contributed by atoms with Crippen molar-refractivity contribution >= 4 is 27.5 Å². The quantitative estimate of drug-likeness (QED) is 0.795. The molecule has 20 heavy (non-hydrogen) atoms. The lowest BCUT2D eigenvalue weighted by atomic mass is 10.3. The molecule has 1 amide bonds. The second kappa shape index (κ2) is 6.98. The molecule has 0 fully saturated rings. The van der Waals surface area contributed by atoms with Gasteiger partial charge in [-0.2, -0.15) is 4.31 Å². The van der Waals surface area contributed by atoms with E-state index in [9.17, 15) is 17.6 Å². The molecule has 0 bridgehead atoms. The van der Waals surface area contributed by atoms with Crippen LogP contribution in [0.5, 0.6) is 0 Å². The maximum atomic E-state index is 13.0. The molecule has 0 saturated heterocycles. The fourth-order valence-electron chi connectivity index (χ4n) is 1.47. The Kier molecular flexibility index (Phi) is 5.88. The van der Waals surface area contributed by atoms with Crippen molar-refractivity contribution < 1.29 is 22.3 Å². The maximum absolute atomic E-state index is 13.0. The predicted octanol–water partition coefficient (Wildman–Crippen LogP) is 0.602. The van der Waals surface area contributed by atoms with Gasteiger partial charge < -0.3 is 10.5 Å².